The first-order valence-electron chi connectivity index (χ1n) is 5.11. The molecule has 0 fully saturated rings. The third-order valence-electron chi connectivity index (χ3n) is 2.24. The molecule has 0 aliphatic carbocycles. The van der Waals surface area contributed by atoms with Gasteiger partial charge in [-0.1, -0.05) is 6.92 Å². The Labute approximate surface area is 93.6 Å². The molecule has 0 bridgehead atoms. The van der Waals surface area contributed by atoms with Crippen molar-refractivity contribution in [1.82, 2.24) is 9.97 Å². The first-order valence-corrected chi connectivity index (χ1v) is 6.26. The molecule has 0 saturated carbocycles. The van der Waals surface area contributed by atoms with Crippen LogP contribution in [0.4, 0.5) is 5.82 Å². The number of hydrogen-bond acceptors (Lipinski definition) is 5. The van der Waals surface area contributed by atoms with Crippen molar-refractivity contribution in [2.24, 2.45) is 0 Å². The monoisotopic (exact) mass is 225 g/mol. The van der Waals surface area contributed by atoms with Gasteiger partial charge in [-0.3, -0.25) is 0 Å². The van der Waals surface area contributed by atoms with Gasteiger partial charge in [0.2, 0.25) is 0 Å². The van der Waals surface area contributed by atoms with Crippen LogP contribution >= 0.6 is 11.8 Å². The molecule has 0 unspecified atom stereocenters. The van der Waals surface area contributed by atoms with Gasteiger partial charge in [0, 0.05) is 23.7 Å². The molecule has 15 heavy (non-hydrogen) atoms. The number of nitrogens with zero attached hydrogens (tertiary/aromatic N) is 2. The molecular formula is C10H15N3OS. The van der Waals surface area contributed by atoms with Gasteiger partial charge < -0.3 is 10.5 Å². The molecule has 0 radical (unpaired) electrons. The first kappa shape index (κ1) is 10.7. The maximum absolute atomic E-state index is 5.86. The number of ether oxygens (including phenoxy) is 1. The zero-order valence-electron chi connectivity index (χ0n) is 8.82. The summed E-state index contributed by atoms with van der Waals surface area (Å²) < 4.78 is 5.40. The van der Waals surface area contributed by atoms with Gasteiger partial charge in [-0.15, -0.1) is 0 Å². The smallest absolute Gasteiger partial charge is 0.156 e. The Kier molecular flexibility index (Phi) is 3.43. The fraction of sp³-hybridized carbons (Fsp3) is 0.600. The Bertz CT molecular complexity index is 357. The highest BCUT2D eigenvalue weighted by molar-refractivity contribution is 7.98. The van der Waals surface area contributed by atoms with E-state index in [4.69, 9.17) is 10.5 Å². The SMILES string of the molecule is CCCOCc1nc(N)c2c(n1)CSC2. The number of anilines is 1. The minimum Gasteiger partial charge on any atom is -0.383 e. The standard InChI is InChI=1S/C10H15N3OS/c1-2-3-14-4-9-12-8-6-15-5-7(8)10(11)13-9/h2-6H2,1H3,(H2,11,12,13). The molecule has 0 amide bonds. The van der Waals surface area contributed by atoms with E-state index < -0.39 is 0 Å². The van der Waals surface area contributed by atoms with Crippen molar-refractivity contribution in [1.29, 1.82) is 0 Å². The molecule has 2 rings (SSSR count). The number of fused-ring (bicyclic) bond motifs is 1. The minimum atomic E-state index is 0.468. The van der Waals surface area contributed by atoms with Gasteiger partial charge >= 0.3 is 0 Å². The second kappa shape index (κ2) is 4.81. The van der Waals surface area contributed by atoms with Gasteiger partial charge in [0.25, 0.3) is 0 Å². The van der Waals surface area contributed by atoms with Crippen LogP contribution in [0.5, 0.6) is 0 Å². The van der Waals surface area contributed by atoms with Crippen molar-refractivity contribution in [3.05, 3.63) is 17.1 Å². The molecule has 0 saturated heterocycles. The fourth-order valence-electron chi connectivity index (χ4n) is 1.50. The molecule has 82 valence electrons. The molecule has 2 heterocycles. The van der Waals surface area contributed by atoms with Gasteiger partial charge in [0.15, 0.2) is 5.82 Å². The molecule has 2 N–H and O–H groups in total. The largest absolute Gasteiger partial charge is 0.383 e. The van der Waals surface area contributed by atoms with Gasteiger partial charge in [-0.25, -0.2) is 9.97 Å². The summed E-state index contributed by atoms with van der Waals surface area (Å²) in [6.07, 6.45) is 1.01. The predicted molar refractivity (Wildman–Crippen MR) is 61.4 cm³/mol. The third kappa shape index (κ3) is 2.41. The zero-order chi connectivity index (χ0) is 10.7. The summed E-state index contributed by atoms with van der Waals surface area (Å²) in [4.78, 5) is 8.69. The molecule has 0 spiro atoms. The Morgan fingerprint density at radius 3 is 3.07 bits per heavy atom. The van der Waals surface area contributed by atoms with Crippen LogP contribution in [-0.4, -0.2) is 16.6 Å². The van der Waals surface area contributed by atoms with Crippen molar-refractivity contribution < 1.29 is 4.74 Å². The molecule has 0 atom stereocenters. The van der Waals surface area contributed by atoms with E-state index in [-0.39, 0.29) is 0 Å². The molecule has 5 heteroatoms. The molecule has 1 aromatic rings. The maximum atomic E-state index is 5.86. The predicted octanol–water partition coefficient (Wildman–Crippen LogP) is 1.73. The highest BCUT2D eigenvalue weighted by Gasteiger charge is 2.17. The quantitative estimate of drug-likeness (QED) is 0.791. The van der Waals surface area contributed by atoms with E-state index in [0.29, 0.717) is 18.2 Å². The van der Waals surface area contributed by atoms with Crippen molar-refractivity contribution in [3.63, 3.8) is 0 Å². The topological polar surface area (TPSA) is 61.0 Å². The Morgan fingerprint density at radius 1 is 1.40 bits per heavy atom. The van der Waals surface area contributed by atoms with E-state index in [1.54, 1.807) is 0 Å². The van der Waals surface area contributed by atoms with Crippen LogP contribution in [-0.2, 0) is 22.8 Å². The fourth-order valence-corrected chi connectivity index (χ4v) is 2.55. The van der Waals surface area contributed by atoms with Crippen LogP contribution in [0.3, 0.4) is 0 Å². The van der Waals surface area contributed by atoms with Crippen LogP contribution in [0, 0.1) is 0 Å². The van der Waals surface area contributed by atoms with Crippen LogP contribution in [0.1, 0.15) is 30.4 Å². The van der Waals surface area contributed by atoms with E-state index in [2.05, 4.69) is 16.9 Å². The Balaban J connectivity index is 2.09. The second-order valence-electron chi connectivity index (χ2n) is 3.50. The first-order chi connectivity index (χ1) is 7.31. The van der Waals surface area contributed by atoms with Gasteiger partial charge in [-0.05, 0) is 6.42 Å². The van der Waals surface area contributed by atoms with Gasteiger partial charge in [0.05, 0.1) is 5.69 Å². The van der Waals surface area contributed by atoms with Crippen LogP contribution in [0.25, 0.3) is 0 Å². The normalized spacial score (nSPS) is 14.2. The number of aromatic nitrogens is 2. The van der Waals surface area contributed by atoms with Crippen molar-refractivity contribution in [2.75, 3.05) is 12.3 Å². The lowest BCUT2D eigenvalue weighted by molar-refractivity contribution is 0.116. The van der Waals surface area contributed by atoms with E-state index >= 15 is 0 Å². The minimum absolute atomic E-state index is 0.468. The summed E-state index contributed by atoms with van der Waals surface area (Å²) in [5, 5.41) is 0. The van der Waals surface area contributed by atoms with Crippen LogP contribution in [0.15, 0.2) is 0 Å². The Morgan fingerprint density at radius 2 is 2.27 bits per heavy atom. The van der Waals surface area contributed by atoms with Crippen LogP contribution in [0.2, 0.25) is 0 Å². The molecule has 1 aliphatic rings. The molecule has 4 nitrogen and oxygen atoms in total. The summed E-state index contributed by atoms with van der Waals surface area (Å²) in [6, 6.07) is 0. The lowest BCUT2D eigenvalue weighted by Gasteiger charge is -2.06. The number of rotatable bonds is 4. The molecule has 1 aromatic heterocycles. The van der Waals surface area contributed by atoms with Gasteiger partial charge in [0.1, 0.15) is 12.4 Å². The number of nitrogens with two attached hydrogens (primary N) is 1. The summed E-state index contributed by atoms with van der Waals surface area (Å²) >= 11 is 1.83. The summed E-state index contributed by atoms with van der Waals surface area (Å²) in [5.74, 6) is 3.22. The lowest BCUT2D eigenvalue weighted by Crippen LogP contribution is -2.07. The average molecular weight is 225 g/mol. The number of thioether (sulfide) groups is 1. The van der Waals surface area contributed by atoms with Gasteiger partial charge in [-0.2, -0.15) is 11.8 Å². The summed E-state index contributed by atoms with van der Waals surface area (Å²) in [5.41, 5.74) is 8.05. The van der Waals surface area contributed by atoms with Crippen molar-refractivity contribution in [2.45, 2.75) is 31.5 Å². The second-order valence-corrected chi connectivity index (χ2v) is 4.48. The lowest BCUT2D eigenvalue weighted by atomic mass is 10.2. The average Bonchev–Trinajstić information content (AvgIpc) is 2.66. The molecular weight excluding hydrogens is 210 g/mol. The highest BCUT2D eigenvalue weighted by Crippen LogP contribution is 2.31. The van der Waals surface area contributed by atoms with E-state index in [1.165, 1.54) is 0 Å². The molecule has 1 aliphatic heterocycles. The van der Waals surface area contributed by atoms with Crippen molar-refractivity contribution in [3.8, 4) is 0 Å². The van der Waals surface area contributed by atoms with Crippen molar-refractivity contribution >= 4 is 17.6 Å². The zero-order valence-corrected chi connectivity index (χ0v) is 9.64. The van der Waals surface area contributed by atoms with E-state index in [9.17, 15) is 0 Å². The summed E-state index contributed by atoms with van der Waals surface area (Å²) in [6.45, 7) is 3.29. The maximum Gasteiger partial charge on any atom is 0.156 e. The third-order valence-corrected chi connectivity index (χ3v) is 3.21. The number of nitrogen functional groups attached to an aromatic ring is 1. The Hall–Kier alpha value is -0.810. The van der Waals surface area contributed by atoms with E-state index in [0.717, 1.165) is 35.8 Å². The highest BCUT2D eigenvalue weighted by atomic mass is 32.2. The number of hydrogen-bond donors (Lipinski definition) is 1. The van der Waals surface area contributed by atoms with Crippen LogP contribution < -0.4 is 5.73 Å². The molecule has 0 aromatic carbocycles. The van der Waals surface area contributed by atoms with E-state index in [1.807, 2.05) is 11.8 Å². The summed E-state index contributed by atoms with van der Waals surface area (Å²) in [7, 11) is 0.